The zero-order valence-electron chi connectivity index (χ0n) is 8.82. The van der Waals surface area contributed by atoms with E-state index in [0.717, 1.165) is 30.2 Å². The predicted molar refractivity (Wildman–Crippen MR) is 61.1 cm³/mol. The molecule has 0 saturated carbocycles. The molecule has 0 spiro atoms. The van der Waals surface area contributed by atoms with E-state index in [9.17, 15) is 4.79 Å². The summed E-state index contributed by atoms with van der Waals surface area (Å²) < 4.78 is 5.13. The number of hydrogen-bond donors (Lipinski definition) is 0. The number of hydrogen-bond acceptors (Lipinski definition) is 2. The Morgan fingerprint density at radius 1 is 1.27 bits per heavy atom. The van der Waals surface area contributed by atoms with Gasteiger partial charge in [-0.25, -0.2) is 4.79 Å². The van der Waals surface area contributed by atoms with Crippen molar-refractivity contribution in [2.45, 2.75) is 26.2 Å². The third-order valence-electron chi connectivity index (χ3n) is 2.54. The van der Waals surface area contributed by atoms with Gasteiger partial charge in [-0.15, -0.1) is 0 Å². The first-order chi connectivity index (χ1) is 7.31. The molecule has 1 heterocycles. The van der Waals surface area contributed by atoms with Crippen molar-refractivity contribution in [2.75, 3.05) is 0 Å². The molecule has 2 nitrogen and oxygen atoms in total. The Labute approximate surface area is 88.5 Å². The number of aryl methyl sites for hydroxylation is 1. The zero-order valence-corrected chi connectivity index (χ0v) is 8.82. The molecule has 1 aromatic carbocycles. The summed E-state index contributed by atoms with van der Waals surface area (Å²) in [5.41, 5.74) is 1.54. The number of benzene rings is 1. The lowest BCUT2D eigenvalue weighted by Crippen LogP contribution is -2.00. The van der Waals surface area contributed by atoms with Crippen molar-refractivity contribution in [3.05, 3.63) is 46.3 Å². The monoisotopic (exact) mass is 202 g/mol. The van der Waals surface area contributed by atoms with Crippen LogP contribution >= 0.6 is 0 Å². The lowest BCUT2D eigenvalue weighted by Gasteiger charge is -2.03. The van der Waals surface area contributed by atoms with Gasteiger partial charge in [-0.2, -0.15) is 0 Å². The minimum Gasteiger partial charge on any atom is -0.423 e. The second-order valence-electron chi connectivity index (χ2n) is 3.69. The molecule has 0 aliphatic heterocycles. The van der Waals surface area contributed by atoms with Crippen LogP contribution in [-0.4, -0.2) is 0 Å². The van der Waals surface area contributed by atoms with E-state index in [4.69, 9.17) is 4.42 Å². The van der Waals surface area contributed by atoms with Crippen LogP contribution in [0.25, 0.3) is 11.0 Å². The van der Waals surface area contributed by atoms with E-state index in [0.29, 0.717) is 5.58 Å². The van der Waals surface area contributed by atoms with Gasteiger partial charge in [-0.05, 0) is 24.5 Å². The Balaban J connectivity index is 2.55. The largest absolute Gasteiger partial charge is 0.423 e. The molecule has 0 atom stereocenters. The van der Waals surface area contributed by atoms with Crippen LogP contribution in [0.1, 0.15) is 25.3 Å². The summed E-state index contributed by atoms with van der Waals surface area (Å²) in [7, 11) is 0. The van der Waals surface area contributed by atoms with Gasteiger partial charge in [-0.1, -0.05) is 31.5 Å². The quantitative estimate of drug-likeness (QED) is 0.716. The number of fused-ring (bicyclic) bond motifs is 1. The van der Waals surface area contributed by atoms with Crippen molar-refractivity contribution in [3.63, 3.8) is 0 Å². The first-order valence-corrected chi connectivity index (χ1v) is 5.33. The molecule has 78 valence electrons. The Bertz CT molecular complexity index is 511. The fourth-order valence-corrected chi connectivity index (χ4v) is 1.75. The van der Waals surface area contributed by atoms with Gasteiger partial charge in [0.25, 0.3) is 0 Å². The number of unbranched alkanes of at least 4 members (excludes halogenated alkanes) is 1. The molecule has 0 bridgehead atoms. The van der Waals surface area contributed by atoms with E-state index in [-0.39, 0.29) is 5.63 Å². The van der Waals surface area contributed by atoms with Crippen molar-refractivity contribution in [1.29, 1.82) is 0 Å². The molecule has 0 amide bonds. The minimum absolute atomic E-state index is 0.250. The van der Waals surface area contributed by atoms with Crippen LogP contribution in [0.15, 0.2) is 39.5 Å². The van der Waals surface area contributed by atoms with Gasteiger partial charge in [-0.3, -0.25) is 0 Å². The standard InChI is InChI=1S/C13H14O2/c1-2-3-6-10-9-13(14)15-12-8-5-4-7-11(10)12/h4-5,7-9H,2-3,6H2,1H3. The van der Waals surface area contributed by atoms with Crippen molar-refractivity contribution >= 4 is 11.0 Å². The van der Waals surface area contributed by atoms with Crippen LogP contribution in [-0.2, 0) is 6.42 Å². The second kappa shape index (κ2) is 4.30. The lowest BCUT2D eigenvalue weighted by atomic mass is 10.0. The molecule has 0 fully saturated rings. The third kappa shape index (κ3) is 2.09. The molecular formula is C13H14O2. The van der Waals surface area contributed by atoms with E-state index >= 15 is 0 Å². The fraction of sp³-hybridized carbons (Fsp3) is 0.308. The van der Waals surface area contributed by atoms with E-state index < -0.39 is 0 Å². The molecule has 0 unspecified atom stereocenters. The summed E-state index contributed by atoms with van der Waals surface area (Å²) in [6, 6.07) is 9.31. The molecule has 2 aromatic rings. The second-order valence-corrected chi connectivity index (χ2v) is 3.69. The van der Waals surface area contributed by atoms with Crippen LogP contribution in [0.3, 0.4) is 0 Å². The molecule has 2 heteroatoms. The summed E-state index contributed by atoms with van der Waals surface area (Å²) in [6.45, 7) is 2.15. The maximum absolute atomic E-state index is 11.3. The van der Waals surface area contributed by atoms with Crippen molar-refractivity contribution in [1.82, 2.24) is 0 Å². The molecule has 0 aliphatic carbocycles. The highest BCUT2D eigenvalue weighted by Gasteiger charge is 2.03. The van der Waals surface area contributed by atoms with Crippen molar-refractivity contribution in [2.24, 2.45) is 0 Å². The van der Waals surface area contributed by atoms with Gasteiger partial charge in [0.15, 0.2) is 0 Å². The zero-order chi connectivity index (χ0) is 10.7. The summed E-state index contributed by atoms with van der Waals surface area (Å²) in [5.74, 6) is 0. The molecule has 15 heavy (non-hydrogen) atoms. The average molecular weight is 202 g/mol. The summed E-state index contributed by atoms with van der Waals surface area (Å²) in [6.07, 6.45) is 3.19. The van der Waals surface area contributed by atoms with E-state index in [1.165, 1.54) is 0 Å². The van der Waals surface area contributed by atoms with Gasteiger partial charge in [0, 0.05) is 11.5 Å². The molecule has 2 rings (SSSR count). The molecule has 1 aromatic heterocycles. The molecule has 0 aliphatic rings. The smallest absolute Gasteiger partial charge is 0.336 e. The molecule has 0 N–H and O–H groups in total. The maximum Gasteiger partial charge on any atom is 0.336 e. The maximum atomic E-state index is 11.3. The van der Waals surface area contributed by atoms with Crippen LogP contribution in [0.4, 0.5) is 0 Å². The topological polar surface area (TPSA) is 30.2 Å². The fourth-order valence-electron chi connectivity index (χ4n) is 1.75. The van der Waals surface area contributed by atoms with Crippen LogP contribution < -0.4 is 5.63 Å². The predicted octanol–water partition coefficient (Wildman–Crippen LogP) is 3.14. The van der Waals surface area contributed by atoms with Gasteiger partial charge in [0.1, 0.15) is 5.58 Å². The minimum atomic E-state index is -0.250. The van der Waals surface area contributed by atoms with Crippen molar-refractivity contribution in [3.8, 4) is 0 Å². The first kappa shape index (κ1) is 9.97. The third-order valence-corrected chi connectivity index (χ3v) is 2.54. The van der Waals surface area contributed by atoms with Gasteiger partial charge in [0.2, 0.25) is 0 Å². The van der Waals surface area contributed by atoms with E-state index in [1.807, 2.05) is 24.3 Å². The SMILES string of the molecule is CCCCc1cc(=O)oc2ccccc12. The van der Waals surface area contributed by atoms with Gasteiger partial charge in [0.05, 0.1) is 0 Å². The summed E-state index contributed by atoms with van der Waals surface area (Å²) >= 11 is 0. The Hall–Kier alpha value is -1.57. The van der Waals surface area contributed by atoms with E-state index in [1.54, 1.807) is 6.07 Å². The first-order valence-electron chi connectivity index (χ1n) is 5.33. The molecule has 0 radical (unpaired) electrons. The molecule has 0 saturated heterocycles. The van der Waals surface area contributed by atoms with Crippen LogP contribution in [0, 0.1) is 0 Å². The lowest BCUT2D eigenvalue weighted by molar-refractivity contribution is 0.558. The normalized spacial score (nSPS) is 10.7. The Morgan fingerprint density at radius 2 is 2.07 bits per heavy atom. The molecular weight excluding hydrogens is 188 g/mol. The number of rotatable bonds is 3. The highest BCUT2D eigenvalue weighted by atomic mass is 16.4. The highest BCUT2D eigenvalue weighted by Crippen LogP contribution is 2.17. The Kier molecular flexibility index (Phi) is 2.86. The summed E-state index contributed by atoms with van der Waals surface area (Å²) in [5, 5.41) is 1.06. The summed E-state index contributed by atoms with van der Waals surface area (Å²) in [4.78, 5) is 11.3. The van der Waals surface area contributed by atoms with Gasteiger partial charge >= 0.3 is 5.63 Å². The van der Waals surface area contributed by atoms with E-state index in [2.05, 4.69) is 6.92 Å². The Morgan fingerprint density at radius 3 is 2.87 bits per heavy atom. The van der Waals surface area contributed by atoms with Crippen LogP contribution in [0.2, 0.25) is 0 Å². The highest BCUT2D eigenvalue weighted by molar-refractivity contribution is 5.79. The van der Waals surface area contributed by atoms with Gasteiger partial charge < -0.3 is 4.42 Å². The van der Waals surface area contributed by atoms with Crippen molar-refractivity contribution < 1.29 is 4.42 Å². The average Bonchev–Trinajstić information content (AvgIpc) is 2.25. The van der Waals surface area contributed by atoms with Crippen LogP contribution in [0.5, 0.6) is 0 Å². The number of para-hydroxylation sites is 1.